The molecule has 0 fully saturated rings. The molecular weight excluding hydrogens is 366 g/mol. The lowest BCUT2D eigenvalue weighted by Gasteiger charge is -2.18. The second kappa shape index (κ2) is 12.6. The monoisotopic (exact) mass is 399 g/mol. The molecule has 158 valence electrons. The van der Waals surface area contributed by atoms with Gasteiger partial charge in [0.25, 0.3) is 0 Å². The predicted octanol–water partition coefficient (Wildman–Crippen LogP) is 4.03. The molecule has 2 rings (SSSR count). The van der Waals surface area contributed by atoms with Gasteiger partial charge in [0.05, 0.1) is 18.7 Å². The fourth-order valence-electron chi connectivity index (χ4n) is 2.67. The van der Waals surface area contributed by atoms with Crippen LogP contribution in [0.3, 0.4) is 0 Å². The van der Waals surface area contributed by atoms with Crippen LogP contribution in [0.1, 0.15) is 42.3 Å². The molecule has 0 aromatic heterocycles. The molecule has 0 saturated heterocycles. The summed E-state index contributed by atoms with van der Waals surface area (Å²) in [5.74, 6) is -0.247. The third kappa shape index (κ3) is 8.35. The summed E-state index contributed by atoms with van der Waals surface area (Å²) in [7, 11) is 0. The van der Waals surface area contributed by atoms with E-state index in [1.807, 2.05) is 32.0 Å². The number of anilines is 2. The van der Waals surface area contributed by atoms with E-state index in [0.29, 0.717) is 24.4 Å². The molecule has 29 heavy (non-hydrogen) atoms. The van der Waals surface area contributed by atoms with Crippen LogP contribution in [0.5, 0.6) is 0 Å². The number of para-hydroxylation sites is 1. The van der Waals surface area contributed by atoms with Gasteiger partial charge in [0.15, 0.2) is 0 Å². The average molecular weight is 400 g/mol. The second-order valence-electron chi connectivity index (χ2n) is 6.62. The molecule has 0 unspecified atom stereocenters. The zero-order valence-corrected chi connectivity index (χ0v) is 18.1. The number of likely N-dealkylation sites (N-methyl/N-ethyl adjacent to an activating group) is 1. The maximum Gasteiger partial charge on any atom is 0.338 e. The number of hydrogen-bond donors (Lipinski definition) is 2. The predicted molar refractivity (Wildman–Crippen MR) is 119 cm³/mol. The van der Waals surface area contributed by atoms with Crippen LogP contribution < -0.4 is 11.1 Å². The van der Waals surface area contributed by atoms with E-state index in [0.717, 1.165) is 29.9 Å². The van der Waals surface area contributed by atoms with Crippen molar-refractivity contribution in [3.63, 3.8) is 0 Å². The van der Waals surface area contributed by atoms with Gasteiger partial charge in [-0.3, -0.25) is 9.69 Å². The van der Waals surface area contributed by atoms with Crippen LogP contribution in [0.4, 0.5) is 11.4 Å². The summed E-state index contributed by atoms with van der Waals surface area (Å²) in [6.07, 6.45) is 0. The standard InChI is InChI=1S/C14H22N2O.C9H11NO2/c1-5-16(6-2)10-13(17)15-14-11(3)8-7-9-12(14)4;1-2-12-9(11)7-3-5-8(10)6-4-7/h7-9H,5-6,10H2,1-4H3,(H,15,17);3-6H,2,10H2,1H3. The van der Waals surface area contributed by atoms with Crippen molar-refractivity contribution < 1.29 is 14.3 Å². The zero-order chi connectivity index (χ0) is 21.8. The van der Waals surface area contributed by atoms with Crippen molar-refractivity contribution in [1.29, 1.82) is 0 Å². The van der Waals surface area contributed by atoms with Crippen molar-refractivity contribution in [2.24, 2.45) is 0 Å². The van der Waals surface area contributed by atoms with Gasteiger partial charge in [-0.2, -0.15) is 0 Å². The largest absolute Gasteiger partial charge is 0.462 e. The van der Waals surface area contributed by atoms with Gasteiger partial charge in [0.2, 0.25) is 5.91 Å². The number of rotatable bonds is 7. The van der Waals surface area contributed by atoms with E-state index in [2.05, 4.69) is 24.1 Å². The Balaban J connectivity index is 0.000000308. The van der Waals surface area contributed by atoms with Crippen molar-refractivity contribution in [3.05, 3.63) is 59.2 Å². The van der Waals surface area contributed by atoms with Gasteiger partial charge in [-0.1, -0.05) is 32.0 Å². The minimum Gasteiger partial charge on any atom is -0.462 e. The number of hydrogen-bond acceptors (Lipinski definition) is 5. The zero-order valence-electron chi connectivity index (χ0n) is 18.1. The van der Waals surface area contributed by atoms with Crippen LogP contribution >= 0.6 is 0 Å². The third-order valence-electron chi connectivity index (χ3n) is 4.43. The first-order chi connectivity index (χ1) is 13.8. The summed E-state index contributed by atoms with van der Waals surface area (Å²) in [4.78, 5) is 25.1. The van der Waals surface area contributed by atoms with Crippen LogP contribution in [0.15, 0.2) is 42.5 Å². The Labute approximate surface area is 174 Å². The number of carbonyl (C=O) groups is 2. The van der Waals surface area contributed by atoms with Gasteiger partial charge in [-0.15, -0.1) is 0 Å². The summed E-state index contributed by atoms with van der Waals surface area (Å²) >= 11 is 0. The molecule has 0 aliphatic rings. The minimum atomic E-state index is -0.308. The normalized spacial score (nSPS) is 10.1. The molecule has 2 aromatic rings. The number of amides is 1. The maximum absolute atomic E-state index is 11.9. The summed E-state index contributed by atoms with van der Waals surface area (Å²) in [5.41, 5.74) is 9.79. The minimum absolute atomic E-state index is 0.0612. The van der Waals surface area contributed by atoms with Crippen molar-refractivity contribution in [3.8, 4) is 0 Å². The van der Waals surface area contributed by atoms with E-state index >= 15 is 0 Å². The molecule has 6 nitrogen and oxygen atoms in total. The van der Waals surface area contributed by atoms with Crippen LogP contribution in [0.25, 0.3) is 0 Å². The Hall–Kier alpha value is -2.86. The van der Waals surface area contributed by atoms with Crippen molar-refractivity contribution >= 4 is 23.3 Å². The number of esters is 1. The number of ether oxygens (including phenoxy) is 1. The van der Waals surface area contributed by atoms with E-state index in [9.17, 15) is 9.59 Å². The molecule has 0 radical (unpaired) electrons. The summed E-state index contributed by atoms with van der Waals surface area (Å²) < 4.78 is 4.79. The van der Waals surface area contributed by atoms with Crippen LogP contribution in [-0.4, -0.2) is 43.0 Å². The maximum atomic E-state index is 11.9. The molecule has 0 atom stereocenters. The second-order valence-corrected chi connectivity index (χ2v) is 6.62. The van der Waals surface area contributed by atoms with Crippen molar-refractivity contribution in [2.45, 2.75) is 34.6 Å². The highest BCUT2D eigenvalue weighted by molar-refractivity contribution is 5.93. The first kappa shape index (κ1) is 24.2. The molecule has 0 saturated carbocycles. The Morgan fingerprint density at radius 3 is 2.00 bits per heavy atom. The lowest BCUT2D eigenvalue weighted by molar-refractivity contribution is -0.117. The van der Waals surface area contributed by atoms with Crippen molar-refractivity contribution in [1.82, 2.24) is 4.90 Å². The van der Waals surface area contributed by atoms with E-state index in [1.54, 1.807) is 31.2 Å². The van der Waals surface area contributed by atoms with E-state index in [4.69, 9.17) is 10.5 Å². The lowest BCUT2D eigenvalue weighted by atomic mass is 10.1. The molecule has 1 amide bonds. The highest BCUT2D eigenvalue weighted by Gasteiger charge is 2.10. The highest BCUT2D eigenvalue weighted by atomic mass is 16.5. The number of nitrogen functional groups attached to an aromatic ring is 1. The number of nitrogens with one attached hydrogen (secondary N) is 1. The van der Waals surface area contributed by atoms with Crippen LogP contribution in [0, 0.1) is 13.8 Å². The molecule has 0 aliphatic heterocycles. The van der Waals surface area contributed by atoms with Gasteiger partial charge in [0.1, 0.15) is 0 Å². The first-order valence-electron chi connectivity index (χ1n) is 9.93. The number of nitrogens with two attached hydrogens (primary N) is 1. The summed E-state index contributed by atoms with van der Waals surface area (Å²) in [6, 6.07) is 12.7. The molecule has 3 N–H and O–H groups in total. The third-order valence-corrected chi connectivity index (χ3v) is 4.43. The van der Waals surface area contributed by atoms with Gasteiger partial charge in [0, 0.05) is 11.4 Å². The molecule has 2 aromatic carbocycles. The Bertz CT molecular complexity index is 764. The molecule has 0 aliphatic carbocycles. The highest BCUT2D eigenvalue weighted by Crippen LogP contribution is 2.19. The topological polar surface area (TPSA) is 84.7 Å². The van der Waals surface area contributed by atoms with E-state index in [-0.39, 0.29) is 11.9 Å². The number of nitrogens with zero attached hydrogens (tertiary/aromatic N) is 1. The number of carbonyl (C=O) groups excluding carboxylic acids is 2. The molecule has 0 spiro atoms. The molecule has 0 bridgehead atoms. The van der Waals surface area contributed by atoms with Crippen LogP contribution in [-0.2, 0) is 9.53 Å². The van der Waals surface area contributed by atoms with Crippen LogP contribution in [0.2, 0.25) is 0 Å². The first-order valence-corrected chi connectivity index (χ1v) is 9.93. The summed E-state index contributed by atoms with van der Waals surface area (Å²) in [6.45, 7) is 12.6. The lowest BCUT2D eigenvalue weighted by Crippen LogP contribution is -2.33. The fourth-order valence-corrected chi connectivity index (χ4v) is 2.67. The van der Waals surface area contributed by atoms with Gasteiger partial charge in [-0.25, -0.2) is 4.79 Å². The van der Waals surface area contributed by atoms with E-state index in [1.165, 1.54) is 0 Å². The number of benzene rings is 2. The van der Waals surface area contributed by atoms with Gasteiger partial charge >= 0.3 is 5.97 Å². The smallest absolute Gasteiger partial charge is 0.338 e. The molecule has 6 heteroatoms. The Kier molecular flexibility index (Phi) is 10.5. The van der Waals surface area contributed by atoms with E-state index < -0.39 is 0 Å². The van der Waals surface area contributed by atoms with Crippen molar-refractivity contribution in [2.75, 3.05) is 37.3 Å². The quantitative estimate of drug-likeness (QED) is 0.542. The Morgan fingerprint density at radius 2 is 1.52 bits per heavy atom. The SMILES string of the molecule is CCN(CC)CC(=O)Nc1c(C)cccc1C.CCOC(=O)c1ccc(N)cc1. The fraction of sp³-hybridized carbons (Fsp3) is 0.391. The molecular formula is C23H33N3O3. The average Bonchev–Trinajstić information content (AvgIpc) is 2.70. The summed E-state index contributed by atoms with van der Waals surface area (Å²) in [5, 5.41) is 3.00. The number of aryl methyl sites for hydroxylation is 2. The van der Waals surface area contributed by atoms with Gasteiger partial charge in [-0.05, 0) is 69.3 Å². The van der Waals surface area contributed by atoms with Gasteiger partial charge < -0.3 is 15.8 Å². The Morgan fingerprint density at radius 1 is 0.966 bits per heavy atom. The molecule has 0 heterocycles.